The number of hydrogen-bond acceptors (Lipinski definition) is 2. The molecule has 0 aromatic heterocycles. The number of piperidine rings is 1. The van der Waals surface area contributed by atoms with Gasteiger partial charge in [0.15, 0.2) is 0 Å². The molecule has 1 heterocycles. The van der Waals surface area contributed by atoms with Crippen LogP contribution in [0.5, 0.6) is 0 Å². The number of aryl methyl sites for hydroxylation is 1. The Kier molecular flexibility index (Phi) is 4.65. The molecule has 2 unspecified atom stereocenters. The van der Waals surface area contributed by atoms with Crippen LogP contribution in [0.15, 0.2) is 24.3 Å². The van der Waals surface area contributed by atoms with Gasteiger partial charge in [-0.05, 0) is 51.8 Å². The molecular weight excluding hydrogens is 220 g/mol. The molecule has 1 N–H and O–H groups in total. The fraction of sp³-hybridized carbons (Fsp3) is 0.625. The van der Waals surface area contributed by atoms with Gasteiger partial charge in [-0.15, -0.1) is 0 Å². The molecule has 0 spiro atoms. The van der Waals surface area contributed by atoms with Crippen molar-refractivity contribution in [3.8, 4) is 0 Å². The second-order valence-corrected chi connectivity index (χ2v) is 5.68. The summed E-state index contributed by atoms with van der Waals surface area (Å²) in [4.78, 5) is 2.40. The third kappa shape index (κ3) is 3.49. The number of nitrogens with zero attached hydrogens (tertiary/aromatic N) is 1. The van der Waals surface area contributed by atoms with Crippen molar-refractivity contribution in [2.24, 2.45) is 0 Å². The van der Waals surface area contributed by atoms with Gasteiger partial charge >= 0.3 is 0 Å². The highest BCUT2D eigenvalue weighted by Gasteiger charge is 2.18. The maximum absolute atomic E-state index is 3.64. The van der Waals surface area contributed by atoms with Crippen molar-refractivity contribution < 1.29 is 0 Å². The third-order valence-electron chi connectivity index (χ3n) is 4.14. The van der Waals surface area contributed by atoms with E-state index in [-0.39, 0.29) is 0 Å². The highest BCUT2D eigenvalue weighted by Crippen LogP contribution is 2.20. The Morgan fingerprint density at radius 3 is 2.61 bits per heavy atom. The zero-order valence-electron chi connectivity index (χ0n) is 11.9. The number of rotatable bonds is 4. The number of benzene rings is 1. The minimum absolute atomic E-state index is 0.586. The monoisotopic (exact) mass is 246 g/mol. The summed E-state index contributed by atoms with van der Waals surface area (Å²) in [6, 6.07) is 10.1. The lowest BCUT2D eigenvalue weighted by Gasteiger charge is -2.32. The smallest absolute Gasteiger partial charge is 0.0366 e. The second kappa shape index (κ2) is 6.24. The van der Waals surface area contributed by atoms with Gasteiger partial charge in [-0.1, -0.05) is 24.1 Å². The lowest BCUT2D eigenvalue weighted by atomic mass is 9.98. The van der Waals surface area contributed by atoms with Crippen molar-refractivity contribution in [1.82, 2.24) is 5.32 Å². The maximum Gasteiger partial charge on any atom is 0.0366 e. The van der Waals surface area contributed by atoms with Gasteiger partial charge in [-0.2, -0.15) is 0 Å². The second-order valence-electron chi connectivity index (χ2n) is 5.68. The zero-order valence-corrected chi connectivity index (χ0v) is 11.9. The van der Waals surface area contributed by atoms with E-state index in [0.29, 0.717) is 12.1 Å². The Balaban J connectivity index is 1.91. The van der Waals surface area contributed by atoms with Gasteiger partial charge < -0.3 is 10.2 Å². The van der Waals surface area contributed by atoms with E-state index in [2.05, 4.69) is 55.4 Å². The molecular formula is C16H26N2. The van der Waals surface area contributed by atoms with E-state index in [1.54, 1.807) is 0 Å². The molecule has 100 valence electrons. The molecule has 1 fully saturated rings. The molecule has 1 aliphatic rings. The average molecular weight is 246 g/mol. The molecule has 1 aliphatic heterocycles. The minimum atomic E-state index is 0.586. The van der Waals surface area contributed by atoms with E-state index in [0.717, 1.165) is 0 Å². The van der Waals surface area contributed by atoms with E-state index >= 15 is 0 Å². The van der Waals surface area contributed by atoms with Gasteiger partial charge in [-0.25, -0.2) is 0 Å². The molecule has 0 aliphatic carbocycles. The van der Waals surface area contributed by atoms with Crippen LogP contribution in [0.3, 0.4) is 0 Å². The van der Waals surface area contributed by atoms with Gasteiger partial charge in [0.05, 0.1) is 0 Å². The van der Waals surface area contributed by atoms with Crippen molar-refractivity contribution in [3.05, 3.63) is 29.8 Å². The van der Waals surface area contributed by atoms with Crippen LogP contribution in [0.1, 0.15) is 38.2 Å². The first-order valence-corrected chi connectivity index (χ1v) is 7.19. The first-order valence-electron chi connectivity index (χ1n) is 7.19. The Bertz CT molecular complexity index is 352. The fourth-order valence-corrected chi connectivity index (χ4v) is 2.73. The van der Waals surface area contributed by atoms with Gasteiger partial charge in [0.1, 0.15) is 0 Å². The van der Waals surface area contributed by atoms with Gasteiger partial charge in [0, 0.05) is 24.8 Å². The van der Waals surface area contributed by atoms with Crippen molar-refractivity contribution in [2.45, 2.75) is 51.6 Å². The average Bonchev–Trinajstić information content (AvgIpc) is 2.40. The highest BCUT2D eigenvalue weighted by atomic mass is 15.1. The minimum Gasteiger partial charge on any atom is -0.372 e. The molecule has 1 aromatic carbocycles. The summed E-state index contributed by atoms with van der Waals surface area (Å²) in [5, 5.41) is 3.64. The summed E-state index contributed by atoms with van der Waals surface area (Å²) in [6.45, 7) is 5.67. The SMILES string of the molecule is Cc1ccc(N(C)C(C)CC2CCCCN2)cc1. The summed E-state index contributed by atoms with van der Waals surface area (Å²) in [5.74, 6) is 0. The largest absolute Gasteiger partial charge is 0.372 e. The van der Waals surface area contributed by atoms with Crippen LogP contribution in [-0.2, 0) is 0 Å². The van der Waals surface area contributed by atoms with E-state index in [9.17, 15) is 0 Å². The van der Waals surface area contributed by atoms with Crippen LogP contribution in [0.25, 0.3) is 0 Å². The summed E-state index contributed by atoms with van der Waals surface area (Å²) in [5.41, 5.74) is 2.65. The van der Waals surface area contributed by atoms with Gasteiger partial charge in [0.25, 0.3) is 0 Å². The highest BCUT2D eigenvalue weighted by molar-refractivity contribution is 5.47. The van der Waals surface area contributed by atoms with E-state index in [1.807, 2.05) is 0 Å². The van der Waals surface area contributed by atoms with Crippen LogP contribution in [0.2, 0.25) is 0 Å². The topological polar surface area (TPSA) is 15.3 Å². The molecule has 2 rings (SSSR count). The molecule has 18 heavy (non-hydrogen) atoms. The standard InChI is InChI=1S/C16H26N2/c1-13-7-9-16(10-8-13)18(3)14(2)12-15-6-4-5-11-17-15/h7-10,14-15,17H,4-6,11-12H2,1-3H3. The fourth-order valence-electron chi connectivity index (χ4n) is 2.73. The molecule has 0 amide bonds. The van der Waals surface area contributed by atoms with Crippen molar-refractivity contribution in [2.75, 3.05) is 18.5 Å². The Hall–Kier alpha value is -1.02. The van der Waals surface area contributed by atoms with E-state index in [4.69, 9.17) is 0 Å². The zero-order chi connectivity index (χ0) is 13.0. The quantitative estimate of drug-likeness (QED) is 0.876. The number of nitrogens with one attached hydrogen (secondary N) is 1. The lowest BCUT2D eigenvalue weighted by molar-refractivity contribution is 0.362. The van der Waals surface area contributed by atoms with Crippen molar-refractivity contribution >= 4 is 5.69 Å². The predicted molar refractivity (Wildman–Crippen MR) is 79.3 cm³/mol. The predicted octanol–water partition coefficient (Wildman–Crippen LogP) is 3.35. The van der Waals surface area contributed by atoms with Crippen molar-refractivity contribution in [1.29, 1.82) is 0 Å². The summed E-state index contributed by atoms with van der Waals surface area (Å²) < 4.78 is 0. The maximum atomic E-state index is 3.64. The molecule has 2 atom stereocenters. The van der Waals surface area contributed by atoms with Crippen molar-refractivity contribution in [3.63, 3.8) is 0 Å². The molecule has 0 radical (unpaired) electrons. The number of hydrogen-bond donors (Lipinski definition) is 1. The molecule has 2 nitrogen and oxygen atoms in total. The van der Waals surface area contributed by atoms with Crippen LogP contribution < -0.4 is 10.2 Å². The first-order chi connectivity index (χ1) is 8.66. The summed E-state index contributed by atoms with van der Waals surface area (Å²) >= 11 is 0. The summed E-state index contributed by atoms with van der Waals surface area (Å²) in [6.07, 6.45) is 5.31. The van der Waals surface area contributed by atoms with Crippen LogP contribution in [-0.4, -0.2) is 25.7 Å². The molecule has 1 saturated heterocycles. The number of anilines is 1. The van der Waals surface area contributed by atoms with Crippen LogP contribution in [0.4, 0.5) is 5.69 Å². The van der Waals surface area contributed by atoms with E-state index < -0.39 is 0 Å². The Labute approximate surface area is 111 Å². The summed E-state index contributed by atoms with van der Waals surface area (Å²) in [7, 11) is 2.21. The Morgan fingerprint density at radius 1 is 1.28 bits per heavy atom. The van der Waals surface area contributed by atoms with E-state index in [1.165, 1.54) is 43.5 Å². The molecule has 0 bridgehead atoms. The normalized spacial score (nSPS) is 21.6. The van der Waals surface area contributed by atoms with Gasteiger partial charge in [0.2, 0.25) is 0 Å². The van der Waals surface area contributed by atoms with Crippen LogP contribution in [0, 0.1) is 6.92 Å². The molecule has 0 saturated carbocycles. The lowest BCUT2D eigenvalue weighted by Crippen LogP contribution is -2.40. The Morgan fingerprint density at radius 2 is 2.00 bits per heavy atom. The molecule has 2 heteroatoms. The van der Waals surface area contributed by atoms with Gasteiger partial charge in [-0.3, -0.25) is 0 Å². The molecule has 1 aromatic rings. The van der Waals surface area contributed by atoms with Crippen LogP contribution >= 0.6 is 0 Å². The first kappa shape index (κ1) is 13.4. The third-order valence-corrected chi connectivity index (χ3v) is 4.14.